The number of aliphatic hydroxyl groups is 1. The first-order chi connectivity index (χ1) is 8.86. The molecule has 3 rings (SSSR count). The first-order valence-corrected chi connectivity index (χ1v) is 6.99. The Kier molecular flexibility index (Phi) is 2.65. The van der Waals surface area contributed by atoms with Crippen LogP contribution in [0.5, 0.6) is 0 Å². The van der Waals surface area contributed by atoms with Gasteiger partial charge in [-0.25, -0.2) is 0 Å². The third kappa shape index (κ3) is 1.55. The molecule has 104 valence electrons. The van der Waals surface area contributed by atoms with Crippen molar-refractivity contribution >= 4 is 11.8 Å². The van der Waals surface area contributed by atoms with Crippen LogP contribution >= 0.6 is 0 Å². The van der Waals surface area contributed by atoms with E-state index in [0.29, 0.717) is 24.8 Å². The van der Waals surface area contributed by atoms with Gasteiger partial charge in [-0.2, -0.15) is 0 Å². The van der Waals surface area contributed by atoms with Crippen molar-refractivity contribution in [3.05, 3.63) is 11.1 Å². The van der Waals surface area contributed by atoms with E-state index in [1.807, 2.05) is 13.8 Å². The quantitative estimate of drug-likeness (QED) is 0.675. The SMILES string of the molecule is CC1=C2[C@H]3OC(=O)[C@@H](C)[C@@H]3C[C@H](O)[C@@]2(C)CCC1=O. The molecule has 19 heavy (non-hydrogen) atoms. The van der Waals surface area contributed by atoms with Gasteiger partial charge in [0.1, 0.15) is 6.10 Å². The van der Waals surface area contributed by atoms with Gasteiger partial charge in [0.05, 0.1) is 12.0 Å². The van der Waals surface area contributed by atoms with Crippen LogP contribution in [0.15, 0.2) is 11.1 Å². The molecule has 0 aromatic carbocycles. The summed E-state index contributed by atoms with van der Waals surface area (Å²) in [5.41, 5.74) is 1.17. The molecule has 0 radical (unpaired) electrons. The van der Waals surface area contributed by atoms with Crippen LogP contribution in [-0.4, -0.2) is 29.1 Å². The van der Waals surface area contributed by atoms with E-state index in [2.05, 4.69) is 0 Å². The third-order valence-electron chi connectivity index (χ3n) is 5.47. The van der Waals surface area contributed by atoms with Crippen molar-refractivity contribution in [1.82, 2.24) is 0 Å². The van der Waals surface area contributed by atoms with Crippen LogP contribution in [0.3, 0.4) is 0 Å². The predicted molar refractivity (Wildman–Crippen MR) is 68.2 cm³/mol. The minimum atomic E-state index is -0.497. The van der Waals surface area contributed by atoms with Crippen molar-refractivity contribution in [3.8, 4) is 0 Å². The molecular formula is C15H20O4. The Hall–Kier alpha value is -1.16. The summed E-state index contributed by atoms with van der Waals surface area (Å²) in [6.07, 6.45) is 0.904. The second-order valence-electron chi connectivity index (χ2n) is 6.44. The molecule has 1 saturated carbocycles. The fourth-order valence-electron chi connectivity index (χ4n) is 4.03. The zero-order valence-corrected chi connectivity index (χ0v) is 11.6. The van der Waals surface area contributed by atoms with Crippen molar-refractivity contribution in [2.75, 3.05) is 0 Å². The molecule has 1 N–H and O–H groups in total. The second-order valence-corrected chi connectivity index (χ2v) is 6.44. The van der Waals surface area contributed by atoms with Gasteiger partial charge in [0.15, 0.2) is 5.78 Å². The van der Waals surface area contributed by atoms with Gasteiger partial charge in [0.2, 0.25) is 0 Å². The lowest BCUT2D eigenvalue weighted by atomic mass is 9.58. The lowest BCUT2D eigenvalue weighted by Gasteiger charge is -2.48. The Morgan fingerprint density at radius 2 is 2.05 bits per heavy atom. The number of carbonyl (C=O) groups excluding carboxylic acids is 2. The van der Waals surface area contributed by atoms with Crippen LogP contribution in [0.25, 0.3) is 0 Å². The van der Waals surface area contributed by atoms with Crippen molar-refractivity contribution in [3.63, 3.8) is 0 Å². The van der Waals surface area contributed by atoms with Crippen LogP contribution in [0.2, 0.25) is 0 Å². The van der Waals surface area contributed by atoms with Crippen LogP contribution in [0, 0.1) is 17.3 Å². The fraction of sp³-hybridized carbons (Fsp3) is 0.733. The largest absolute Gasteiger partial charge is 0.457 e. The van der Waals surface area contributed by atoms with Gasteiger partial charge in [-0.3, -0.25) is 9.59 Å². The molecule has 1 heterocycles. The zero-order valence-electron chi connectivity index (χ0n) is 11.6. The van der Waals surface area contributed by atoms with E-state index in [-0.39, 0.29) is 29.7 Å². The van der Waals surface area contributed by atoms with E-state index in [4.69, 9.17) is 4.74 Å². The highest BCUT2D eigenvalue weighted by atomic mass is 16.6. The number of esters is 1. The molecular weight excluding hydrogens is 244 g/mol. The number of ketones is 1. The number of allylic oxidation sites excluding steroid dienone is 1. The standard InChI is InChI=1S/C15H20O4/c1-7-9-6-11(17)15(3)5-4-10(16)8(2)12(15)13(9)19-14(7)18/h7,9,11,13,17H,4-6H2,1-3H3/t7-,9-,11-,13-,15+/m0/s1. The maximum Gasteiger partial charge on any atom is 0.309 e. The van der Waals surface area contributed by atoms with Gasteiger partial charge in [-0.15, -0.1) is 0 Å². The summed E-state index contributed by atoms with van der Waals surface area (Å²) in [7, 11) is 0. The van der Waals surface area contributed by atoms with Gasteiger partial charge < -0.3 is 9.84 Å². The van der Waals surface area contributed by atoms with E-state index in [9.17, 15) is 14.7 Å². The van der Waals surface area contributed by atoms with Gasteiger partial charge in [-0.1, -0.05) is 13.8 Å². The highest BCUT2D eigenvalue weighted by molar-refractivity contribution is 5.97. The maximum absolute atomic E-state index is 12.0. The normalized spacial score (nSPS) is 45.9. The highest BCUT2D eigenvalue weighted by Crippen LogP contribution is 2.54. The summed E-state index contributed by atoms with van der Waals surface area (Å²) >= 11 is 0. The molecule has 4 heteroatoms. The molecule has 0 unspecified atom stereocenters. The smallest absolute Gasteiger partial charge is 0.309 e. The Bertz CT molecular complexity index is 492. The number of hydrogen-bond donors (Lipinski definition) is 1. The average Bonchev–Trinajstić information content (AvgIpc) is 2.63. The van der Waals surface area contributed by atoms with E-state index in [0.717, 1.165) is 5.57 Å². The molecule has 5 atom stereocenters. The number of Topliss-reactive ketones (excluding diaryl/α,β-unsaturated/α-hetero) is 1. The number of hydrogen-bond acceptors (Lipinski definition) is 4. The lowest BCUT2D eigenvalue weighted by molar-refractivity contribution is -0.144. The summed E-state index contributed by atoms with van der Waals surface area (Å²) in [6.45, 7) is 5.65. The molecule has 0 amide bonds. The van der Waals surface area contributed by atoms with Crippen molar-refractivity contribution in [2.45, 2.75) is 52.2 Å². The molecule has 0 bridgehead atoms. The third-order valence-corrected chi connectivity index (χ3v) is 5.47. The molecule has 0 spiro atoms. The minimum Gasteiger partial charge on any atom is -0.457 e. The van der Waals surface area contributed by atoms with Gasteiger partial charge >= 0.3 is 5.97 Å². The minimum absolute atomic E-state index is 0.00595. The van der Waals surface area contributed by atoms with Gasteiger partial charge in [0, 0.05) is 17.8 Å². The van der Waals surface area contributed by atoms with E-state index >= 15 is 0 Å². The summed E-state index contributed by atoms with van der Waals surface area (Å²) in [4.78, 5) is 23.8. The van der Waals surface area contributed by atoms with Gasteiger partial charge in [0.25, 0.3) is 0 Å². The zero-order chi connectivity index (χ0) is 13.9. The summed E-state index contributed by atoms with van der Waals surface area (Å²) < 4.78 is 5.52. The number of carbonyl (C=O) groups is 2. The fourth-order valence-corrected chi connectivity index (χ4v) is 4.03. The maximum atomic E-state index is 12.0. The van der Waals surface area contributed by atoms with Crippen LogP contribution < -0.4 is 0 Å². The van der Waals surface area contributed by atoms with Crippen molar-refractivity contribution in [1.29, 1.82) is 0 Å². The van der Waals surface area contributed by atoms with Crippen molar-refractivity contribution in [2.24, 2.45) is 17.3 Å². The molecule has 3 aliphatic rings. The Morgan fingerprint density at radius 1 is 1.37 bits per heavy atom. The molecule has 2 fully saturated rings. The average molecular weight is 264 g/mol. The number of aliphatic hydroxyl groups excluding tert-OH is 1. The molecule has 0 aromatic heterocycles. The first kappa shape index (κ1) is 12.9. The Balaban J connectivity index is 2.13. The molecule has 1 saturated heterocycles. The Labute approximate surface area is 112 Å². The van der Waals surface area contributed by atoms with Gasteiger partial charge in [-0.05, 0) is 30.9 Å². The topological polar surface area (TPSA) is 63.6 Å². The van der Waals surface area contributed by atoms with Crippen molar-refractivity contribution < 1.29 is 19.4 Å². The highest BCUT2D eigenvalue weighted by Gasteiger charge is 2.57. The molecule has 2 aliphatic carbocycles. The number of fused-ring (bicyclic) bond motifs is 3. The Morgan fingerprint density at radius 3 is 2.74 bits per heavy atom. The summed E-state index contributed by atoms with van der Waals surface area (Å²) in [5.74, 6) is -0.270. The van der Waals surface area contributed by atoms with E-state index < -0.39 is 11.5 Å². The predicted octanol–water partition coefficient (Wildman–Crippen LogP) is 1.61. The summed E-state index contributed by atoms with van der Waals surface area (Å²) in [6, 6.07) is 0. The monoisotopic (exact) mass is 264 g/mol. The van der Waals surface area contributed by atoms with E-state index in [1.54, 1.807) is 6.92 Å². The molecule has 1 aliphatic heterocycles. The first-order valence-electron chi connectivity index (χ1n) is 6.99. The second kappa shape index (κ2) is 3.92. The summed E-state index contributed by atoms with van der Waals surface area (Å²) in [5, 5.41) is 10.5. The lowest BCUT2D eigenvalue weighted by Crippen LogP contribution is -2.50. The van der Waals surface area contributed by atoms with E-state index in [1.165, 1.54) is 0 Å². The number of rotatable bonds is 0. The number of ether oxygens (including phenoxy) is 1. The van der Waals surface area contributed by atoms with Crippen LogP contribution in [0.1, 0.15) is 40.0 Å². The molecule has 4 nitrogen and oxygen atoms in total. The van der Waals surface area contributed by atoms with Crippen LogP contribution in [0.4, 0.5) is 0 Å². The molecule has 0 aromatic rings. The van der Waals surface area contributed by atoms with Crippen LogP contribution in [-0.2, 0) is 14.3 Å².